The fourth-order valence-corrected chi connectivity index (χ4v) is 2.01. The Morgan fingerprint density at radius 1 is 1.00 bits per heavy atom. The van der Waals surface area contributed by atoms with Gasteiger partial charge >= 0.3 is 0 Å². The number of carbonyl (C=O) groups is 1. The predicted octanol–water partition coefficient (Wildman–Crippen LogP) is 3.89. The van der Waals surface area contributed by atoms with Gasteiger partial charge in [0.15, 0.2) is 6.10 Å². The molecule has 0 saturated heterocycles. The number of amides is 1. The van der Waals surface area contributed by atoms with Crippen molar-refractivity contribution in [2.24, 2.45) is 0 Å². The van der Waals surface area contributed by atoms with Gasteiger partial charge in [-0.25, -0.2) is 0 Å². The smallest absolute Gasteiger partial charge is 0.265 e. The Morgan fingerprint density at radius 3 is 2.17 bits per heavy atom. The molecule has 0 aliphatic carbocycles. The molecule has 2 aromatic rings. The van der Waals surface area contributed by atoms with Gasteiger partial charge in [-0.05, 0) is 61.9 Å². The summed E-state index contributed by atoms with van der Waals surface area (Å²) in [6.07, 6.45) is 0.341. The molecule has 1 atom stereocenters. The molecule has 0 aromatic heterocycles. The lowest BCUT2D eigenvalue weighted by molar-refractivity contribution is -0.122. The van der Waals surface area contributed by atoms with Crippen LogP contribution in [0.5, 0.6) is 17.2 Å². The molecule has 0 heterocycles. The van der Waals surface area contributed by atoms with Crippen molar-refractivity contribution in [3.05, 3.63) is 48.5 Å². The lowest BCUT2D eigenvalue weighted by atomic mass is 10.2. The molecule has 2 rings (SSSR count). The Bertz CT molecular complexity index is 637. The van der Waals surface area contributed by atoms with Crippen molar-refractivity contribution in [3.63, 3.8) is 0 Å². The van der Waals surface area contributed by atoms with Crippen LogP contribution >= 0.6 is 0 Å². The number of rotatable bonds is 8. The van der Waals surface area contributed by atoms with Crippen molar-refractivity contribution >= 4 is 11.6 Å². The molecule has 0 unspecified atom stereocenters. The molecule has 5 heteroatoms. The molecule has 2 aromatic carbocycles. The summed E-state index contributed by atoms with van der Waals surface area (Å²) in [5.74, 6) is 1.93. The van der Waals surface area contributed by atoms with Crippen LogP contribution in [0.3, 0.4) is 0 Å². The highest BCUT2D eigenvalue weighted by atomic mass is 16.5. The minimum atomic E-state index is -0.616. The van der Waals surface area contributed by atoms with Crippen LogP contribution in [0.25, 0.3) is 0 Å². The van der Waals surface area contributed by atoms with E-state index in [-0.39, 0.29) is 5.91 Å². The average Bonchev–Trinajstić information content (AvgIpc) is 2.61. The third-order valence-corrected chi connectivity index (χ3v) is 3.34. The van der Waals surface area contributed by atoms with Crippen LogP contribution in [0.1, 0.15) is 20.3 Å². The Balaban J connectivity index is 1.88. The van der Waals surface area contributed by atoms with Gasteiger partial charge in [0.25, 0.3) is 5.91 Å². The molecule has 0 fully saturated rings. The molecule has 24 heavy (non-hydrogen) atoms. The summed E-state index contributed by atoms with van der Waals surface area (Å²) in [5, 5.41) is 2.82. The van der Waals surface area contributed by atoms with Gasteiger partial charge in [-0.15, -0.1) is 0 Å². The summed E-state index contributed by atoms with van der Waals surface area (Å²) < 4.78 is 16.2. The van der Waals surface area contributed by atoms with Gasteiger partial charge in [0, 0.05) is 5.69 Å². The van der Waals surface area contributed by atoms with Gasteiger partial charge in [0.1, 0.15) is 17.2 Å². The monoisotopic (exact) mass is 329 g/mol. The standard InChI is InChI=1S/C19H23NO4/c1-4-13-23-17-7-5-15(6-8-17)20-19(21)14(2)24-18-11-9-16(22-3)10-12-18/h5-12,14H,4,13H2,1-3H3,(H,20,21)/t14-/m0/s1. The van der Waals surface area contributed by atoms with E-state index < -0.39 is 6.10 Å². The van der Waals surface area contributed by atoms with Crippen LogP contribution in [-0.2, 0) is 4.79 Å². The first-order valence-corrected chi connectivity index (χ1v) is 7.96. The first-order valence-electron chi connectivity index (χ1n) is 7.96. The van der Waals surface area contributed by atoms with E-state index in [0.717, 1.165) is 17.9 Å². The minimum Gasteiger partial charge on any atom is -0.497 e. The molecule has 128 valence electrons. The van der Waals surface area contributed by atoms with Crippen molar-refractivity contribution < 1.29 is 19.0 Å². The molecular formula is C19H23NO4. The second kappa shape index (κ2) is 8.82. The third-order valence-electron chi connectivity index (χ3n) is 3.34. The predicted molar refractivity (Wildman–Crippen MR) is 93.9 cm³/mol. The first kappa shape index (κ1) is 17.7. The summed E-state index contributed by atoms with van der Waals surface area (Å²) in [4.78, 5) is 12.2. The zero-order valence-corrected chi connectivity index (χ0v) is 14.2. The Morgan fingerprint density at radius 2 is 1.58 bits per heavy atom. The second-order valence-electron chi connectivity index (χ2n) is 5.30. The minimum absolute atomic E-state index is 0.215. The molecule has 0 spiro atoms. The van der Waals surface area contributed by atoms with Crippen LogP contribution in [0, 0.1) is 0 Å². The average molecular weight is 329 g/mol. The number of benzene rings is 2. The number of methoxy groups -OCH3 is 1. The summed E-state index contributed by atoms with van der Waals surface area (Å²) in [6.45, 7) is 4.44. The SMILES string of the molecule is CCCOc1ccc(NC(=O)[C@H](C)Oc2ccc(OC)cc2)cc1. The van der Waals surface area contributed by atoms with Gasteiger partial charge in [-0.3, -0.25) is 4.79 Å². The number of anilines is 1. The Kier molecular flexibility index (Phi) is 6.49. The largest absolute Gasteiger partial charge is 0.497 e. The number of ether oxygens (including phenoxy) is 3. The van der Waals surface area contributed by atoms with Crippen molar-refractivity contribution in [2.75, 3.05) is 19.0 Å². The molecule has 1 N–H and O–H groups in total. The number of hydrogen-bond donors (Lipinski definition) is 1. The van der Waals surface area contributed by atoms with E-state index in [4.69, 9.17) is 14.2 Å². The molecule has 0 aliphatic heterocycles. The first-order chi connectivity index (χ1) is 11.6. The maximum absolute atomic E-state index is 12.2. The third kappa shape index (κ3) is 5.19. The topological polar surface area (TPSA) is 56.8 Å². The van der Waals surface area contributed by atoms with E-state index in [0.29, 0.717) is 18.0 Å². The molecule has 0 aliphatic rings. The normalized spacial score (nSPS) is 11.5. The summed E-state index contributed by atoms with van der Waals surface area (Å²) in [6, 6.07) is 14.4. The van der Waals surface area contributed by atoms with Crippen LogP contribution in [0.15, 0.2) is 48.5 Å². The van der Waals surface area contributed by atoms with Crippen molar-refractivity contribution in [2.45, 2.75) is 26.4 Å². The highest BCUT2D eigenvalue weighted by Gasteiger charge is 2.15. The summed E-state index contributed by atoms with van der Waals surface area (Å²) >= 11 is 0. The molecular weight excluding hydrogens is 306 g/mol. The van der Waals surface area contributed by atoms with Crippen LogP contribution in [-0.4, -0.2) is 25.7 Å². The Hall–Kier alpha value is -2.69. The zero-order chi connectivity index (χ0) is 17.4. The van der Waals surface area contributed by atoms with E-state index in [1.807, 2.05) is 24.3 Å². The highest BCUT2D eigenvalue weighted by molar-refractivity contribution is 5.94. The number of hydrogen-bond acceptors (Lipinski definition) is 4. The fourth-order valence-electron chi connectivity index (χ4n) is 2.01. The van der Waals surface area contributed by atoms with Crippen LogP contribution in [0.4, 0.5) is 5.69 Å². The van der Waals surface area contributed by atoms with Crippen molar-refractivity contribution in [1.82, 2.24) is 0 Å². The van der Waals surface area contributed by atoms with Gasteiger partial charge in [0.05, 0.1) is 13.7 Å². The van der Waals surface area contributed by atoms with Gasteiger partial charge < -0.3 is 19.5 Å². The lowest BCUT2D eigenvalue weighted by Crippen LogP contribution is -2.30. The van der Waals surface area contributed by atoms with Gasteiger partial charge in [-0.1, -0.05) is 6.92 Å². The second-order valence-corrected chi connectivity index (χ2v) is 5.30. The van der Waals surface area contributed by atoms with Crippen molar-refractivity contribution in [3.8, 4) is 17.2 Å². The fraction of sp³-hybridized carbons (Fsp3) is 0.316. The zero-order valence-electron chi connectivity index (χ0n) is 14.2. The van der Waals surface area contributed by atoms with Gasteiger partial charge in [0.2, 0.25) is 0 Å². The van der Waals surface area contributed by atoms with Crippen LogP contribution in [0.2, 0.25) is 0 Å². The van der Waals surface area contributed by atoms with Crippen LogP contribution < -0.4 is 19.5 Å². The van der Waals surface area contributed by atoms with E-state index in [9.17, 15) is 4.79 Å². The number of nitrogens with one attached hydrogen (secondary N) is 1. The molecule has 0 bridgehead atoms. The Labute approximate surface area is 142 Å². The molecule has 0 radical (unpaired) electrons. The van der Waals surface area contributed by atoms with E-state index in [1.54, 1.807) is 38.3 Å². The van der Waals surface area contributed by atoms with E-state index in [1.165, 1.54) is 0 Å². The quantitative estimate of drug-likeness (QED) is 0.798. The van der Waals surface area contributed by atoms with Crippen molar-refractivity contribution in [1.29, 1.82) is 0 Å². The highest BCUT2D eigenvalue weighted by Crippen LogP contribution is 2.19. The lowest BCUT2D eigenvalue weighted by Gasteiger charge is -2.15. The van der Waals surface area contributed by atoms with Gasteiger partial charge in [-0.2, -0.15) is 0 Å². The van der Waals surface area contributed by atoms with E-state index in [2.05, 4.69) is 12.2 Å². The maximum atomic E-state index is 12.2. The maximum Gasteiger partial charge on any atom is 0.265 e. The summed E-state index contributed by atoms with van der Waals surface area (Å²) in [7, 11) is 1.60. The molecule has 5 nitrogen and oxygen atoms in total. The summed E-state index contributed by atoms with van der Waals surface area (Å²) in [5.41, 5.74) is 0.703. The van der Waals surface area contributed by atoms with E-state index >= 15 is 0 Å². The number of carbonyl (C=O) groups excluding carboxylic acids is 1. The molecule has 1 amide bonds. The molecule has 0 saturated carbocycles.